The second-order valence-corrected chi connectivity index (χ2v) is 9.96. The van der Waals surface area contributed by atoms with E-state index in [1.807, 2.05) is 36.4 Å². The molecule has 3 aromatic rings. The number of para-hydroxylation sites is 1. The molecule has 2 aromatic carbocycles. The second-order valence-electron chi connectivity index (χ2n) is 6.40. The Balaban J connectivity index is 1.99. The van der Waals surface area contributed by atoms with Gasteiger partial charge in [0.1, 0.15) is 5.25 Å². The van der Waals surface area contributed by atoms with Crippen LogP contribution in [0.5, 0.6) is 0 Å². The van der Waals surface area contributed by atoms with Gasteiger partial charge in [-0.05, 0) is 61.2 Å². The molecule has 0 amide bonds. The maximum absolute atomic E-state index is 13.4. The minimum Gasteiger partial charge on any atom is -0.251 e. The Hall–Kier alpha value is -1.56. The maximum atomic E-state index is 13.4. The number of halogens is 1. The van der Waals surface area contributed by atoms with Crippen molar-refractivity contribution in [3.05, 3.63) is 71.4 Å². The summed E-state index contributed by atoms with van der Waals surface area (Å²) in [5.74, 6) is 1.03. The lowest BCUT2D eigenvalue weighted by Crippen LogP contribution is -2.15. The normalized spacial score (nSPS) is 13.0. The molecule has 3 rings (SSSR count). The lowest BCUT2D eigenvalue weighted by molar-refractivity contribution is 0.566. The van der Waals surface area contributed by atoms with E-state index < -0.39 is 15.1 Å². The fourth-order valence-electron chi connectivity index (χ4n) is 3.09. The van der Waals surface area contributed by atoms with Crippen molar-refractivity contribution in [2.24, 2.45) is 0 Å². The zero-order valence-electron chi connectivity index (χ0n) is 15.1. The summed E-state index contributed by atoms with van der Waals surface area (Å²) in [5.41, 5.74) is 1.42. The van der Waals surface area contributed by atoms with Gasteiger partial charge in [-0.3, -0.25) is 4.98 Å². The summed E-state index contributed by atoms with van der Waals surface area (Å²) in [7, 11) is -3.55. The van der Waals surface area contributed by atoms with E-state index >= 15 is 0 Å². The van der Waals surface area contributed by atoms with E-state index in [0.29, 0.717) is 17.1 Å². The summed E-state index contributed by atoms with van der Waals surface area (Å²) >= 11 is 7.71. The highest BCUT2D eigenvalue weighted by molar-refractivity contribution is 7.98. The molecule has 0 bridgehead atoms. The van der Waals surface area contributed by atoms with E-state index in [4.69, 9.17) is 11.6 Å². The number of pyridine rings is 1. The van der Waals surface area contributed by atoms with Crippen LogP contribution < -0.4 is 0 Å². The van der Waals surface area contributed by atoms with Gasteiger partial charge in [0.25, 0.3) is 0 Å². The van der Waals surface area contributed by atoms with Gasteiger partial charge < -0.3 is 0 Å². The summed E-state index contributed by atoms with van der Waals surface area (Å²) in [6.07, 6.45) is 4.44. The third-order valence-electron chi connectivity index (χ3n) is 4.53. The Labute approximate surface area is 170 Å². The zero-order valence-corrected chi connectivity index (χ0v) is 17.5. The van der Waals surface area contributed by atoms with Gasteiger partial charge in [-0.1, -0.05) is 42.3 Å². The van der Waals surface area contributed by atoms with Gasteiger partial charge in [-0.15, -0.1) is 0 Å². The summed E-state index contributed by atoms with van der Waals surface area (Å²) < 4.78 is 26.7. The predicted molar refractivity (Wildman–Crippen MR) is 115 cm³/mol. The maximum Gasteiger partial charge on any atom is 0.186 e. The molecule has 0 aliphatic carbocycles. The van der Waals surface area contributed by atoms with Crippen LogP contribution in [-0.2, 0) is 9.84 Å². The molecular formula is C21H22ClNO2S2. The van der Waals surface area contributed by atoms with Crippen LogP contribution in [0, 0.1) is 0 Å². The molecule has 142 valence electrons. The fourth-order valence-corrected chi connectivity index (χ4v) is 5.48. The highest BCUT2D eigenvalue weighted by Crippen LogP contribution is 2.33. The Morgan fingerprint density at radius 2 is 1.74 bits per heavy atom. The Morgan fingerprint density at radius 3 is 2.48 bits per heavy atom. The van der Waals surface area contributed by atoms with Crippen LogP contribution in [0.2, 0.25) is 5.02 Å². The lowest BCUT2D eigenvalue weighted by Gasteiger charge is -2.18. The summed E-state index contributed by atoms with van der Waals surface area (Å²) in [6, 6.07) is 17.9. The number of fused-ring (bicyclic) bond motifs is 1. The minimum absolute atomic E-state index is 0.289. The van der Waals surface area contributed by atoms with Crippen molar-refractivity contribution in [1.29, 1.82) is 0 Å². The first kappa shape index (κ1) is 20.2. The number of hydrogen-bond donors (Lipinski definition) is 0. The van der Waals surface area contributed by atoms with Gasteiger partial charge in [0.2, 0.25) is 0 Å². The molecule has 0 fully saturated rings. The molecule has 0 aliphatic rings. The average molecular weight is 420 g/mol. The first-order chi connectivity index (χ1) is 13.0. The van der Waals surface area contributed by atoms with Crippen molar-refractivity contribution < 1.29 is 8.42 Å². The van der Waals surface area contributed by atoms with E-state index in [1.54, 1.807) is 36.0 Å². The van der Waals surface area contributed by atoms with E-state index in [1.165, 1.54) is 0 Å². The molecule has 1 aromatic heterocycles. The van der Waals surface area contributed by atoms with Gasteiger partial charge in [-0.2, -0.15) is 11.8 Å². The second kappa shape index (κ2) is 9.09. The van der Waals surface area contributed by atoms with Gasteiger partial charge in [-0.25, -0.2) is 8.42 Å². The SMILES string of the molecule is CSCCCCC(c1ccc2ccccc2n1)S(=O)(=O)c1ccc(Cl)cc1. The molecule has 0 aliphatic heterocycles. The van der Waals surface area contributed by atoms with Gasteiger partial charge in [0.05, 0.1) is 16.1 Å². The van der Waals surface area contributed by atoms with Crippen molar-refractivity contribution >= 4 is 44.1 Å². The molecule has 1 unspecified atom stereocenters. The van der Waals surface area contributed by atoms with Crippen LogP contribution in [0.3, 0.4) is 0 Å². The van der Waals surface area contributed by atoms with Crippen molar-refractivity contribution in [1.82, 2.24) is 4.98 Å². The average Bonchev–Trinajstić information content (AvgIpc) is 2.68. The van der Waals surface area contributed by atoms with Crippen LogP contribution in [0.4, 0.5) is 0 Å². The highest BCUT2D eigenvalue weighted by atomic mass is 35.5. The quantitative estimate of drug-likeness (QED) is 0.424. The number of hydrogen-bond acceptors (Lipinski definition) is 4. The smallest absolute Gasteiger partial charge is 0.186 e. The summed E-state index contributed by atoms with van der Waals surface area (Å²) in [5, 5.41) is 0.866. The van der Waals surface area contributed by atoms with Crippen LogP contribution >= 0.6 is 23.4 Å². The van der Waals surface area contributed by atoms with Gasteiger partial charge in [0.15, 0.2) is 9.84 Å². The summed E-state index contributed by atoms with van der Waals surface area (Å²) in [6.45, 7) is 0. The van der Waals surface area contributed by atoms with E-state index in [0.717, 1.165) is 29.5 Å². The third kappa shape index (κ3) is 4.84. The number of rotatable bonds is 8. The largest absolute Gasteiger partial charge is 0.251 e. The molecule has 0 saturated heterocycles. The number of thioether (sulfide) groups is 1. The molecule has 6 heteroatoms. The molecule has 0 N–H and O–H groups in total. The number of aromatic nitrogens is 1. The van der Waals surface area contributed by atoms with Crippen LogP contribution in [0.1, 0.15) is 30.2 Å². The van der Waals surface area contributed by atoms with E-state index in [2.05, 4.69) is 11.2 Å². The molecule has 0 saturated carbocycles. The van der Waals surface area contributed by atoms with Crippen LogP contribution in [0.15, 0.2) is 65.6 Å². The monoisotopic (exact) mass is 419 g/mol. The number of unbranched alkanes of at least 4 members (excludes halogenated alkanes) is 1. The van der Waals surface area contributed by atoms with Gasteiger partial charge in [0, 0.05) is 10.4 Å². The first-order valence-electron chi connectivity index (χ1n) is 8.86. The highest BCUT2D eigenvalue weighted by Gasteiger charge is 2.30. The van der Waals surface area contributed by atoms with E-state index in [9.17, 15) is 8.42 Å². The minimum atomic E-state index is -3.55. The predicted octanol–water partition coefficient (Wildman–Crippen LogP) is 5.94. The van der Waals surface area contributed by atoms with Gasteiger partial charge >= 0.3 is 0 Å². The molecule has 27 heavy (non-hydrogen) atoms. The molecule has 0 radical (unpaired) electrons. The molecular weight excluding hydrogens is 398 g/mol. The van der Waals surface area contributed by atoms with Crippen LogP contribution in [0.25, 0.3) is 10.9 Å². The standard InChI is InChI=1S/C21H22ClNO2S2/c1-26-15-5-4-8-21(27(24,25)18-12-10-17(22)11-13-18)20-14-9-16-6-2-3-7-19(16)23-20/h2-3,6-7,9-14,21H,4-5,8,15H2,1H3. The molecule has 3 nitrogen and oxygen atoms in total. The zero-order chi connectivity index (χ0) is 19.3. The number of benzene rings is 2. The van der Waals surface area contributed by atoms with Crippen LogP contribution in [-0.4, -0.2) is 25.4 Å². The molecule has 1 heterocycles. The first-order valence-corrected chi connectivity index (χ1v) is 12.2. The Bertz CT molecular complexity index is 1000. The van der Waals surface area contributed by atoms with Crippen molar-refractivity contribution in [2.75, 3.05) is 12.0 Å². The topological polar surface area (TPSA) is 47.0 Å². The lowest BCUT2D eigenvalue weighted by atomic mass is 10.1. The Kier molecular flexibility index (Phi) is 6.79. The molecule has 0 spiro atoms. The van der Waals surface area contributed by atoms with Crippen molar-refractivity contribution in [3.8, 4) is 0 Å². The third-order valence-corrected chi connectivity index (χ3v) is 7.64. The fraction of sp³-hybridized carbons (Fsp3) is 0.286. The number of nitrogens with zero attached hydrogens (tertiary/aromatic N) is 1. The van der Waals surface area contributed by atoms with Crippen molar-refractivity contribution in [3.63, 3.8) is 0 Å². The number of sulfone groups is 1. The van der Waals surface area contributed by atoms with E-state index in [-0.39, 0.29) is 4.90 Å². The molecule has 1 atom stereocenters. The van der Waals surface area contributed by atoms with Crippen molar-refractivity contribution in [2.45, 2.75) is 29.4 Å². The Morgan fingerprint density at radius 1 is 1.00 bits per heavy atom. The summed E-state index contributed by atoms with van der Waals surface area (Å²) in [4.78, 5) is 4.96.